The molecule has 0 saturated carbocycles. The molecule has 94 valence electrons. The van der Waals surface area contributed by atoms with E-state index in [1.54, 1.807) is 6.07 Å². The molecule has 0 N–H and O–H groups in total. The van der Waals surface area contributed by atoms with Crippen molar-refractivity contribution in [2.75, 3.05) is 7.11 Å². The van der Waals surface area contributed by atoms with E-state index in [4.69, 9.17) is 16.3 Å². The summed E-state index contributed by atoms with van der Waals surface area (Å²) in [6.07, 6.45) is 0. The molecule has 6 heteroatoms. The van der Waals surface area contributed by atoms with Gasteiger partial charge in [-0.05, 0) is 19.1 Å². The highest BCUT2D eigenvalue weighted by Gasteiger charge is 2.20. The van der Waals surface area contributed by atoms with Gasteiger partial charge in [-0.15, -0.1) is 11.3 Å². The monoisotopic (exact) mass is 345 g/mol. The maximum absolute atomic E-state index is 11.7. The van der Waals surface area contributed by atoms with Gasteiger partial charge in [-0.1, -0.05) is 33.6 Å². The minimum Gasteiger partial charge on any atom is -0.464 e. The molecule has 0 radical (unpaired) electrons. The highest BCUT2D eigenvalue weighted by molar-refractivity contribution is 9.10. The molecule has 0 fully saturated rings. The summed E-state index contributed by atoms with van der Waals surface area (Å²) in [4.78, 5) is 16.6. The van der Waals surface area contributed by atoms with E-state index in [1.807, 2.05) is 19.1 Å². The third-order valence-corrected chi connectivity index (χ3v) is 4.10. The molecule has 18 heavy (non-hydrogen) atoms. The fraction of sp³-hybridized carbons (Fsp3) is 0.167. The number of rotatable bonds is 2. The first-order valence-corrected chi connectivity index (χ1v) is 7.03. The van der Waals surface area contributed by atoms with E-state index < -0.39 is 5.97 Å². The lowest BCUT2D eigenvalue weighted by Gasteiger charge is -2.04. The van der Waals surface area contributed by atoms with Crippen LogP contribution in [0.4, 0.5) is 0 Å². The van der Waals surface area contributed by atoms with Crippen molar-refractivity contribution in [2.45, 2.75) is 6.92 Å². The summed E-state index contributed by atoms with van der Waals surface area (Å²) >= 11 is 11.0. The summed E-state index contributed by atoms with van der Waals surface area (Å²) in [5.74, 6) is -0.451. The number of carbonyl (C=O) groups excluding carboxylic acids is 1. The summed E-state index contributed by atoms with van der Waals surface area (Å²) in [5, 5.41) is 1.36. The van der Waals surface area contributed by atoms with Crippen LogP contribution in [0, 0.1) is 6.92 Å². The molecule has 1 aromatic heterocycles. The first-order valence-electron chi connectivity index (χ1n) is 5.04. The summed E-state index contributed by atoms with van der Waals surface area (Å²) in [6.45, 7) is 1.84. The zero-order valence-corrected chi connectivity index (χ0v) is 12.8. The van der Waals surface area contributed by atoms with Crippen molar-refractivity contribution in [2.24, 2.45) is 0 Å². The zero-order chi connectivity index (χ0) is 13.3. The average Bonchev–Trinajstić information content (AvgIpc) is 2.70. The third kappa shape index (κ3) is 2.58. The fourth-order valence-corrected chi connectivity index (χ4v) is 3.29. The van der Waals surface area contributed by atoms with E-state index in [0.29, 0.717) is 10.7 Å². The number of thiazole rings is 1. The van der Waals surface area contributed by atoms with Crippen LogP contribution in [0.15, 0.2) is 22.7 Å². The molecule has 0 saturated heterocycles. The molecule has 0 aliphatic rings. The molecule has 3 nitrogen and oxygen atoms in total. The number of methoxy groups -OCH3 is 1. The maximum Gasteiger partial charge on any atom is 0.358 e. The predicted octanol–water partition coefficient (Wildman–Crippen LogP) is 4.32. The zero-order valence-electron chi connectivity index (χ0n) is 9.66. The van der Waals surface area contributed by atoms with Gasteiger partial charge in [0.1, 0.15) is 0 Å². The first kappa shape index (κ1) is 13.5. The normalized spacial score (nSPS) is 10.4. The van der Waals surface area contributed by atoms with E-state index in [2.05, 4.69) is 20.9 Å². The molecule has 0 amide bonds. The number of aromatic nitrogens is 1. The van der Waals surface area contributed by atoms with Gasteiger partial charge in [0.2, 0.25) is 0 Å². The molecule has 1 aromatic carbocycles. The van der Waals surface area contributed by atoms with Crippen LogP contribution in [-0.2, 0) is 4.74 Å². The second-order valence-corrected chi connectivity index (χ2v) is 6.05. The molecule has 0 bridgehead atoms. The van der Waals surface area contributed by atoms with Crippen molar-refractivity contribution in [1.82, 2.24) is 4.98 Å². The summed E-state index contributed by atoms with van der Waals surface area (Å²) < 4.78 is 5.61. The van der Waals surface area contributed by atoms with Gasteiger partial charge in [-0.2, -0.15) is 0 Å². The minimum absolute atomic E-state index is 0.309. The third-order valence-electron chi connectivity index (χ3n) is 2.29. The van der Waals surface area contributed by atoms with E-state index in [-0.39, 0.29) is 0 Å². The Kier molecular flexibility index (Phi) is 4.04. The Labute approximate surface area is 122 Å². The minimum atomic E-state index is -0.451. The SMILES string of the molecule is COC(=O)c1nc(C)sc1-c1ccc(Br)cc1Cl. The van der Waals surface area contributed by atoms with E-state index in [9.17, 15) is 4.79 Å². The molecule has 2 rings (SSSR count). The highest BCUT2D eigenvalue weighted by Crippen LogP contribution is 2.36. The summed E-state index contributed by atoms with van der Waals surface area (Å²) in [7, 11) is 1.34. The molecule has 0 unspecified atom stereocenters. The molecular weight excluding hydrogens is 338 g/mol. The van der Waals surface area contributed by atoms with E-state index >= 15 is 0 Å². The van der Waals surface area contributed by atoms with Crippen LogP contribution in [0.5, 0.6) is 0 Å². The Hall–Kier alpha value is -0.910. The number of aryl methyl sites for hydroxylation is 1. The van der Waals surface area contributed by atoms with Crippen molar-refractivity contribution in [3.8, 4) is 10.4 Å². The number of halogens is 2. The average molecular weight is 347 g/mol. The van der Waals surface area contributed by atoms with Crippen LogP contribution >= 0.6 is 38.9 Å². The van der Waals surface area contributed by atoms with Crippen LogP contribution in [0.3, 0.4) is 0 Å². The Morgan fingerprint density at radius 2 is 2.22 bits per heavy atom. The number of nitrogens with zero attached hydrogens (tertiary/aromatic N) is 1. The van der Waals surface area contributed by atoms with Gasteiger partial charge >= 0.3 is 5.97 Å². The van der Waals surface area contributed by atoms with E-state index in [1.165, 1.54) is 18.4 Å². The van der Waals surface area contributed by atoms with Gasteiger partial charge in [0.05, 0.1) is 22.0 Å². The van der Waals surface area contributed by atoms with Gasteiger partial charge in [0.25, 0.3) is 0 Å². The molecule has 0 atom stereocenters. The fourth-order valence-electron chi connectivity index (χ4n) is 1.52. The lowest BCUT2D eigenvalue weighted by Crippen LogP contribution is -2.03. The second-order valence-electron chi connectivity index (χ2n) is 3.53. The van der Waals surface area contributed by atoms with Crippen LogP contribution < -0.4 is 0 Å². The standard InChI is InChI=1S/C12H9BrClNO2S/c1-6-15-10(12(16)17-2)11(18-6)8-4-3-7(13)5-9(8)14/h3-5H,1-2H3. The Balaban J connectivity index is 2.60. The number of ether oxygens (including phenoxy) is 1. The van der Waals surface area contributed by atoms with Crippen molar-refractivity contribution in [3.63, 3.8) is 0 Å². The van der Waals surface area contributed by atoms with Gasteiger partial charge in [0, 0.05) is 10.0 Å². The van der Waals surface area contributed by atoms with Crippen molar-refractivity contribution < 1.29 is 9.53 Å². The quantitative estimate of drug-likeness (QED) is 0.760. The summed E-state index contributed by atoms with van der Waals surface area (Å²) in [5.41, 5.74) is 1.09. The molecular formula is C12H9BrClNO2S. The topological polar surface area (TPSA) is 39.2 Å². The van der Waals surface area contributed by atoms with Gasteiger partial charge < -0.3 is 4.74 Å². The number of esters is 1. The Bertz CT molecular complexity index is 612. The predicted molar refractivity (Wildman–Crippen MR) is 76.3 cm³/mol. The van der Waals surface area contributed by atoms with Crippen molar-refractivity contribution >= 4 is 44.8 Å². The smallest absolute Gasteiger partial charge is 0.358 e. The molecule has 2 aromatic rings. The Morgan fingerprint density at radius 3 is 2.83 bits per heavy atom. The Morgan fingerprint density at radius 1 is 1.50 bits per heavy atom. The lowest BCUT2D eigenvalue weighted by atomic mass is 10.1. The number of hydrogen-bond donors (Lipinski definition) is 0. The molecule has 0 aliphatic carbocycles. The van der Waals surface area contributed by atoms with Crippen LogP contribution in [0.1, 0.15) is 15.5 Å². The van der Waals surface area contributed by atoms with Crippen LogP contribution in [0.25, 0.3) is 10.4 Å². The molecule has 1 heterocycles. The molecule has 0 spiro atoms. The maximum atomic E-state index is 11.7. The van der Waals surface area contributed by atoms with Crippen LogP contribution in [-0.4, -0.2) is 18.1 Å². The van der Waals surface area contributed by atoms with E-state index in [0.717, 1.165) is 19.9 Å². The highest BCUT2D eigenvalue weighted by atomic mass is 79.9. The molecule has 0 aliphatic heterocycles. The second kappa shape index (κ2) is 5.38. The largest absolute Gasteiger partial charge is 0.464 e. The first-order chi connectivity index (χ1) is 8.52. The van der Waals surface area contributed by atoms with Gasteiger partial charge in [-0.25, -0.2) is 9.78 Å². The van der Waals surface area contributed by atoms with Gasteiger partial charge in [-0.3, -0.25) is 0 Å². The number of carbonyl (C=O) groups is 1. The van der Waals surface area contributed by atoms with Crippen molar-refractivity contribution in [1.29, 1.82) is 0 Å². The van der Waals surface area contributed by atoms with Crippen LogP contribution in [0.2, 0.25) is 5.02 Å². The number of benzene rings is 1. The number of hydrogen-bond acceptors (Lipinski definition) is 4. The van der Waals surface area contributed by atoms with Crippen molar-refractivity contribution in [3.05, 3.63) is 38.4 Å². The van der Waals surface area contributed by atoms with Gasteiger partial charge in [0.15, 0.2) is 5.69 Å². The lowest BCUT2D eigenvalue weighted by molar-refractivity contribution is 0.0595. The summed E-state index contributed by atoms with van der Waals surface area (Å²) in [6, 6.07) is 5.51.